The number of thioether (sulfide) groups is 1. The van der Waals surface area contributed by atoms with Gasteiger partial charge in [-0.15, -0.1) is 18.3 Å². The molecule has 3 heteroatoms. The van der Waals surface area contributed by atoms with Crippen molar-refractivity contribution in [2.24, 2.45) is 0 Å². The van der Waals surface area contributed by atoms with Crippen molar-refractivity contribution in [3.8, 4) is 0 Å². The molecule has 0 saturated heterocycles. The van der Waals surface area contributed by atoms with Gasteiger partial charge in [-0.2, -0.15) is 0 Å². The minimum Gasteiger partial charge on any atom is -0.380 e. The summed E-state index contributed by atoms with van der Waals surface area (Å²) in [5.41, 5.74) is 3.65. The van der Waals surface area contributed by atoms with Crippen LogP contribution < -0.4 is 5.32 Å². The summed E-state index contributed by atoms with van der Waals surface area (Å²) in [6.45, 7) is 4.60. The molecule has 1 aromatic heterocycles. The number of aromatic nitrogens is 1. The number of fused-ring (bicyclic) bond motifs is 1. The average Bonchev–Trinajstić information content (AvgIpc) is 2.95. The maximum atomic E-state index is 3.78. The molecule has 0 amide bonds. The van der Waals surface area contributed by atoms with E-state index in [1.54, 1.807) is 11.8 Å². The first-order valence-corrected chi connectivity index (χ1v) is 7.98. The zero-order chi connectivity index (χ0) is 14.5. The maximum Gasteiger partial charge on any atom is 0.0481 e. The Morgan fingerprint density at radius 1 is 1.10 bits per heavy atom. The predicted molar refractivity (Wildman–Crippen MR) is 93.0 cm³/mol. The van der Waals surface area contributed by atoms with Gasteiger partial charge in [0.1, 0.15) is 0 Å². The van der Waals surface area contributed by atoms with Crippen LogP contribution in [0.25, 0.3) is 10.9 Å². The third kappa shape index (κ3) is 3.14. The number of hydrogen-bond donors (Lipinski definition) is 2. The van der Waals surface area contributed by atoms with Crippen LogP contribution in [0.5, 0.6) is 0 Å². The fourth-order valence-electron chi connectivity index (χ4n) is 2.36. The summed E-state index contributed by atoms with van der Waals surface area (Å²) in [6, 6.07) is 16.8. The van der Waals surface area contributed by atoms with Crippen molar-refractivity contribution in [3.63, 3.8) is 0 Å². The van der Waals surface area contributed by atoms with Crippen LogP contribution in [0.3, 0.4) is 0 Å². The number of aromatic amines is 1. The van der Waals surface area contributed by atoms with E-state index in [1.807, 2.05) is 6.08 Å². The van der Waals surface area contributed by atoms with Gasteiger partial charge in [0, 0.05) is 40.0 Å². The van der Waals surface area contributed by atoms with Gasteiger partial charge >= 0.3 is 0 Å². The van der Waals surface area contributed by atoms with E-state index in [-0.39, 0.29) is 0 Å². The standard InChI is InChI=1S/C18H18N2S/c1-2-11-21-18-10-6-5-9-17(18)20-13-14-12-19-16-8-4-3-7-15(14)16/h2-10,12,19-20H,1,11,13H2. The number of nitrogens with one attached hydrogen (secondary N) is 2. The zero-order valence-corrected chi connectivity index (χ0v) is 12.6. The molecule has 2 aromatic carbocycles. The first-order chi connectivity index (χ1) is 10.4. The highest BCUT2D eigenvalue weighted by atomic mass is 32.2. The fraction of sp³-hybridized carbons (Fsp3) is 0.111. The van der Waals surface area contributed by atoms with E-state index in [0.29, 0.717) is 0 Å². The molecule has 0 aliphatic rings. The number of para-hydroxylation sites is 2. The van der Waals surface area contributed by atoms with Gasteiger partial charge in [-0.1, -0.05) is 36.4 Å². The molecule has 0 fully saturated rings. The Morgan fingerprint density at radius 2 is 1.90 bits per heavy atom. The van der Waals surface area contributed by atoms with Crippen LogP contribution >= 0.6 is 11.8 Å². The van der Waals surface area contributed by atoms with Crippen LogP contribution in [0.1, 0.15) is 5.56 Å². The molecule has 21 heavy (non-hydrogen) atoms. The van der Waals surface area contributed by atoms with Crippen molar-refractivity contribution in [1.82, 2.24) is 4.98 Å². The second kappa shape index (κ2) is 6.55. The van der Waals surface area contributed by atoms with Crippen LogP contribution in [0.2, 0.25) is 0 Å². The van der Waals surface area contributed by atoms with Crippen molar-refractivity contribution in [2.45, 2.75) is 11.4 Å². The highest BCUT2D eigenvalue weighted by molar-refractivity contribution is 7.99. The molecule has 0 radical (unpaired) electrons. The summed E-state index contributed by atoms with van der Waals surface area (Å²) in [7, 11) is 0. The van der Waals surface area contributed by atoms with Gasteiger partial charge in [0.2, 0.25) is 0 Å². The molecule has 2 N–H and O–H groups in total. The van der Waals surface area contributed by atoms with Crippen molar-refractivity contribution >= 4 is 28.4 Å². The molecule has 0 bridgehead atoms. The summed E-state index contributed by atoms with van der Waals surface area (Å²) in [5, 5.41) is 4.82. The van der Waals surface area contributed by atoms with E-state index >= 15 is 0 Å². The van der Waals surface area contributed by atoms with Gasteiger partial charge in [-0.3, -0.25) is 0 Å². The van der Waals surface area contributed by atoms with Crippen LogP contribution in [0.15, 0.2) is 72.3 Å². The average molecular weight is 294 g/mol. The second-order valence-electron chi connectivity index (χ2n) is 4.81. The molecule has 3 aromatic rings. The normalized spacial score (nSPS) is 10.7. The van der Waals surface area contributed by atoms with Crippen LogP contribution in [-0.4, -0.2) is 10.7 Å². The quantitative estimate of drug-likeness (QED) is 0.491. The number of H-pyrrole nitrogens is 1. The minimum atomic E-state index is 0.815. The Hall–Kier alpha value is -2.13. The van der Waals surface area contributed by atoms with Gasteiger partial charge in [-0.25, -0.2) is 0 Å². The lowest BCUT2D eigenvalue weighted by molar-refractivity contribution is 1.14. The lowest BCUT2D eigenvalue weighted by atomic mass is 10.2. The van der Waals surface area contributed by atoms with E-state index in [1.165, 1.54) is 27.0 Å². The Labute approximate surface area is 129 Å². The molecule has 0 aliphatic carbocycles. The third-order valence-electron chi connectivity index (χ3n) is 3.39. The zero-order valence-electron chi connectivity index (χ0n) is 11.8. The SMILES string of the molecule is C=CCSc1ccccc1NCc1c[nH]c2ccccc12. The molecule has 0 aliphatic heterocycles. The van der Waals surface area contributed by atoms with Crippen LogP contribution in [0.4, 0.5) is 5.69 Å². The molecule has 0 unspecified atom stereocenters. The summed E-state index contributed by atoms with van der Waals surface area (Å²) < 4.78 is 0. The number of rotatable bonds is 6. The lowest BCUT2D eigenvalue weighted by Gasteiger charge is -2.10. The number of benzene rings is 2. The summed E-state index contributed by atoms with van der Waals surface area (Å²) in [6.07, 6.45) is 4.01. The van der Waals surface area contributed by atoms with E-state index in [0.717, 1.165) is 12.3 Å². The van der Waals surface area contributed by atoms with Crippen molar-refractivity contribution < 1.29 is 0 Å². The third-order valence-corrected chi connectivity index (χ3v) is 4.46. The first kappa shape index (κ1) is 13.8. The van der Waals surface area contributed by atoms with Crippen molar-refractivity contribution in [3.05, 3.63) is 72.9 Å². The Bertz CT molecular complexity index is 746. The number of anilines is 1. The summed E-state index contributed by atoms with van der Waals surface area (Å²) in [5.74, 6) is 0.922. The summed E-state index contributed by atoms with van der Waals surface area (Å²) in [4.78, 5) is 4.58. The van der Waals surface area contributed by atoms with Gasteiger partial charge in [0.05, 0.1) is 0 Å². The van der Waals surface area contributed by atoms with Crippen LogP contribution in [-0.2, 0) is 6.54 Å². The predicted octanol–water partition coefficient (Wildman–Crippen LogP) is 5.06. The molecular formula is C18H18N2S. The Balaban J connectivity index is 1.77. The molecule has 2 nitrogen and oxygen atoms in total. The van der Waals surface area contributed by atoms with E-state index in [4.69, 9.17) is 0 Å². The van der Waals surface area contributed by atoms with Gasteiger partial charge < -0.3 is 10.3 Å². The molecular weight excluding hydrogens is 276 g/mol. The largest absolute Gasteiger partial charge is 0.380 e. The minimum absolute atomic E-state index is 0.815. The van der Waals surface area contributed by atoms with Gasteiger partial charge in [0.25, 0.3) is 0 Å². The molecule has 3 rings (SSSR count). The lowest BCUT2D eigenvalue weighted by Crippen LogP contribution is -2.00. The van der Waals surface area contributed by atoms with Gasteiger partial charge in [-0.05, 0) is 23.8 Å². The maximum absolute atomic E-state index is 3.78. The number of hydrogen-bond acceptors (Lipinski definition) is 2. The Morgan fingerprint density at radius 3 is 2.81 bits per heavy atom. The first-order valence-electron chi connectivity index (χ1n) is 7.00. The smallest absolute Gasteiger partial charge is 0.0481 e. The monoisotopic (exact) mass is 294 g/mol. The Kier molecular flexibility index (Phi) is 4.31. The molecule has 0 spiro atoms. The fourth-order valence-corrected chi connectivity index (χ4v) is 3.12. The molecule has 0 atom stereocenters. The molecule has 1 heterocycles. The van der Waals surface area contributed by atoms with Crippen molar-refractivity contribution in [1.29, 1.82) is 0 Å². The van der Waals surface area contributed by atoms with E-state index in [2.05, 4.69) is 71.6 Å². The van der Waals surface area contributed by atoms with Gasteiger partial charge in [0.15, 0.2) is 0 Å². The highest BCUT2D eigenvalue weighted by Crippen LogP contribution is 2.28. The topological polar surface area (TPSA) is 27.8 Å². The summed E-state index contributed by atoms with van der Waals surface area (Å²) >= 11 is 1.80. The van der Waals surface area contributed by atoms with Crippen LogP contribution in [0, 0.1) is 0 Å². The second-order valence-corrected chi connectivity index (χ2v) is 5.87. The van der Waals surface area contributed by atoms with E-state index < -0.39 is 0 Å². The van der Waals surface area contributed by atoms with Crippen molar-refractivity contribution in [2.75, 3.05) is 11.1 Å². The molecule has 106 valence electrons. The van der Waals surface area contributed by atoms with E-state index in [9.17, 15) is 0 Å². The highest BCUT2D eigenvalue weighted by Gasteiger charge is 2.05. The molecule has 0 saturated carbocycles.